The Hall–Kier alpha value is -2.33. The highest BCUT2D eigenvalue weighted by molar-refractivity contribution is 6.30. The van der Waals surface area contributed by atoms with Crippen LogP contribution in [0.1, 0.15) is 5.56 Å². The Morgan fingerprint density at radius 1 is 1.14 bits per heavy atom. The van der Waals surface area contributed by atoms with Gasteiger partial charge in [-0.05, 0) is 42.0 Å². The predicted octanol–water partition coefficient (Wildman–Crippen LogP) is 4.48. The van der Waals surface area contributed by atoms with E-state index in [-0.39, 0.29) is 5.82 Å². The summed E-state index contributed by atoms with van der Waals surface area (Å²) in [6.07, 6.45) is 1.71. The number of anilines is 1. The molecule has 3 rings (SSSR count). The second kappa shape index (κ2) is 5.97. The molecule has 3 nitrogen and oxygen atoms in total. The number of rotatable bonds is 4. The number of hydrogen-bond donors (Lipinski definition) is 2. The van der Waals surface area contributed by atoms with Crippen molar-refractivity contribution >= 4 is 17.3 Å². The molecule has 0 unspecified atom stereocenters. The number of benzene rings is 2. The van der Waals surface area contributed by atoms with Crippen LogP contribution in [0.15, 0.2) is 54.7 Å². The van der Waals surface area contributed by atoms with Crippen molar-refractivity contribution in [2.75, 3.05) is 5.32 Å². The molecule has 0 aliphatic heterocycles. The molecule has 0 bridgehead atoms. The van der Waals surface area contributed by atoms with E-state index in [4.69, 9.17) is 11.6 Å². The molecule has 0 aliphatic carbocycles. The van der Waals surface area contributed by atoms with E-state index in [1.165, 1.54) is 12.1 Å². The quantitative estimate of drug-likeness (QED) is 0.746. The summed E-state index contributed by atoms with van der Waals surface area (Å²) in [5.74, 6) is -0.328. The number of hydrogen-bond acceptors (Lipinski definition) is 2. The standard InChI is InChI=1S/C16H13ClFN3/c17-13-6-11(7-14(18)9-13)10-19-15-3-1-2-12(8-15)16-4-5-20-21-16/h1-9,19H,10H2,(H,20,21). The van der Waals surface area contributed by atoms with Crippen molar-refractivity contribution in [1.82, 2.24) is 10.2 Å². The molecule has 2 aromatic carbocycles. The summed E-state index contributed by atoms with van der Waals surface area (Å²) in [6.45, 7) is 0.504. The summed E-state index contributed by atoms with van der Waals surface area (Å²) in [6, 6.07) is 14.3. The molecule has 0 fully saturated rings. The average Bonchev–Trinajstić information content (AvgIpc) is 2.99. The summed E-state index contributed by atoms with van der Waals surface area (Å²) < 4.78 is 13.3. The van der Waals surface area contributed by atoms with Crippen molar-refractivity contribution in [3.05, 3.63) is 71.1 Å². The highest BCUT2D eigenvalue weighted by Gasteiger charge is 2.02. The third kappa shape index (κ3) is 3.41. The normalized spacial score (nSPS) is 10.6. The molecule has 3 aromatic rings. The molecule has 0 saturated carbocycles. The second-order valence-electron chi connectivity index (χ2n) is 4.68. The van der Waals surface area contributed by atoms with Gasteiger partial charge in [0.15, 0.2) is 0 Å². The molecule has 0 atom stereocenters. The van der Waals surface area contributed by atoms with E-state index in [9.17, 15) is 4.39 Å². The first-order valence-electron chi connectivity index (χ1n) is 6.49. The lowest BCUT2D eigenvalue weighted by Crippen LogP contribution is -2.00. The van der Waals surface area contributed by atoms with E-state index in [1.807, 2.05) is 30.3 Å². The Balaban J connectivity index is 1.75. The van der Waals surface area contributed by atoms with E-state index < -0.39 is 0 Å². The van der Waals surface area contributed by atoms with Crippen LogP contribution in [0, 0.1) is 5.82 Å². The van der Waals surface area contributed by atoms with E-state index >= 15 is 0 Å². The van der Waals surface area contributed by atoms with Crippen LogP contribution in [0.3, 0.4) is 0 Å². The van der Waals surface area contributed by atoms with E-state index in [0.29, 0.717) is 11.6 Å². The Morgan fingerprint density at radius 3 is 2.81 bits per heavy atom. The Bertz CT molecular complexity index is 721. The first-order chi connectivity index (χ1) is 10.2. The zero-order valence-electron chi connectivity index (χ0n) is 11.1. The van der Waals surface area contributed by atoms with Crippen molar-refractivity contribution in [3.8, 4) is 11.3 Å². The van der Waals surface area contributed by atoms with Crippen molar-refractivity contribution in [1.29, 1.82) is 0 Å². The van der Waals surface area contributed by atoms with Gasteiger partial charge in [-0.15, -0.1) is 0 Å². The number of aromatic nitrogens is 2. The first-order valence-corrected chi connectivity index (χ1v) is 6.87. The van der Waals surface area contributed by atoms with Crippen LogP contribution in [0.2, 0.25) is 5.02 Å². The summed E-state index contributed by atoms with van der Waals surface area (Å²) in [7, 11) is 0. The van der Waals surface area contributed by atoms with Gasteiger partial charge in [-0.2, -0.15) is 5.10 Å². The summed E-state index contributed by atoms with van der Waals surface area (Å²) in [4.78, 5) is 0. The molecule has 1 heterocycles. The fraction of sp³-hybridized carbons (Fsp3) is 0.0625. The number of nitrogens with one attached hydrogen (secondary N) is 2. The molecule has 5 heteroatoms. The zero-order chi connectivity index (χ0) is 14.7. The highest BCUT2D eigenvalue weighted by atomic mass is 35.5. The molecular weight excluding hydrogens is 289 g/mol. The van der Waals surface area contributed by atoms with Gasteiger partial charge in [-0.1, -0.05) is 23.7 Å². The second-order valence-corrected chi connectivity index (χ2v) is 5.12. The van der Waals surface area contributed by atoms with Crippen molar-refractivity contribution < 1.29 is 4.39 Å². The van der Waals surface area contributed by atoms with Gasteiger partial charge in [0, 0.05) is 29.0 Å². The highest BCUT2D eigenvalue weighted by Crippen LogP contribution is 2.21. The third-order valence-electron chi connectivity index (χ3n) is 3.09. The minimum atomic E-state index is -0.328. The first kappa shape index (κ1) is 13.6. The van der Waals surface area contributed by atoms with Gasteiger partial charge in [0.05, 0.1) is 5.69 Å². The van der Waals surface area contributed by atoms with Gasteiger partial charge in [0.1, 0.15) is 5.82 Å². The van der Waals surface area contributed by atoms with Gasteiger partial charge in [-0.3, -0.25) is 5.10 Å². The van der Waals surface area contributed by atoms with Gasteiger partial charge in [0.2, 0.25) is 0 Å². The minimum absolute atomic E-state index is 0.328. The lowest BCUT2D eigenvalue weighted by atomic mass is 10.1. The van der Waals surface area contributed by atoms with Crippen LogP contribution in [0.25, 0.3) is 11.3 Å². The maximum atomic E-state index is 13.3. The van der Waals surface area contributed by atoms with Crippen LogP contribution in [-0.4, -0.2) is 10.2 Å². The Morgan fingerprint density at radius 2 is 2.05 bits per heavy atom. The van der Waals surface area contributed by atoms with Gasteiger partial charge in [0.25, 0.3) is 0 Å². The molecule has 1 aromatic heterocycles. The number of halogens is 2. The van der Waals surface area contributed by atoms with Crippen molar-refractivity contribution in [2.45, 2.75) is 6.54 Å². The maximum Gasteiger partial charge on any atom is 0.125 e. The number of H-pyrrole nitrogens is 1. The van der Waals surface area contributed by atoms with Gasteiger partial charge >= 0.3 is 0 Å². The summed E-state index contributed by atoms with van der Waals surface area (Å²) in [5.41, 5.74) is 3.73. The smallest absolute Gasteiger partial charge is 0.125 e. The zero-order valence-corrected chi connectivity index (χ0v) is 11.9. The van der Waals surface area contributed by atoms with Crippen molar-refractivity contribution in [2.24, 2.45) is 0 Å². The molecule has 0 radical (unpaired) electrons. The van der Waals surface area contributed by atoms with Crippen LogP contribution in [0.4, 0.5) is 10.1 Å². The molecule has 106 valence electrons. The molecule has 0 amide bonds. The molecule has 21 heavy (non-hydrogen) atoms. The predicted molar refractivity (Wildman–Crippen MR) is 82.8 cm³/mol. The maximum absolute atomic E-state index is 13.3. The van der Waals surface area contributed by atoms with Crippen molar-refractivity contribution in [3.63, 3.8) is 0 Å². The molecule has 2 N–H and O–H groups in total. The molecule has 0 spiro atoms. The minimum Gasteiger partial charge on any atom is -0.381 e. The molecule has 0 aliphatic rings. The Labute approximate surface area is 126 Å². The fourth-order valence-electron chi connectivity index (χ4n) is 2.13. The van der Waals surface area contributed by atoms with Gasteiger partial charge < -0.3 is 5.32 Å². The molecule has 0 saturated heterocycles. The van der Waals surface area contributed by atoms with E-state index in [2.05, 4.69) is 15.5 Å². The van der Waals surface area contributed by atoms with Crippen LogP contribution in [-0.2, 0) is 6.54 Å². The van der Waals surface area contributed by atoms with Crippen LogP contribution in [0.5, 0.6) is 0 Å². The van der Waals surface area contributed by atoms with Crippen LogP contribution >= 0.6 is 11.6 Å². The van der Waals surface area contributed by atoms with E-state index in [1.54, 1.807) is 12.3 Å². The average molecular weight is 302 g/mol. The largest absolute Gasteiger partial charge is 0.381 e. The summed E-state index contributed by atoms with van der Waals surface area (Å²) >= 11 is 5.85. The number of nitrogens with zero attached hydrogens (tertiary/aromatic N) is 1. The SMILES string of the molecule is Fc1cc(Cl)cc(CNc2cccc(-c3ccn[nH]3)c2)c1. The van der Waals surface area contributed by atoms with Crippen LogP contribution < -0.4 is 5.32 Å². The Kier molecular flexibility index (Phi) is 3.88. The third-order valence-corrected chi connectivity index (χ3v) is 3.31. The van der Waals surface area contributed by atoms with Gasteiger partial charge in [-0.25, -0.2) is 4.39 Å². The topological polar surface area (TPSA) is 40.7 Å². The lowest BCUT2D eigenvalue weighted by Gasteiger charge is -2.08. The lowest BCUT2D eigenvalue weighted by molar-refractivity contribution is 0.626. The monoisotopic (exact) mass is 301 g/mol. The summed E-state index contributed by atoms with van der Waals surface area (Å²) in [5, 5.41) is 10.5. The number of aromatic amines is 1. The fourth-order valence-corrected chi connectivity index (χ4v) is 2.37. The molecular formula is C16H13ClFN3. The van der Waals surface area contributed by atoms with E-state index in [0.717, 1.165) is 22.5 Å².